The van der Waals surface area contributed by atoms with Crippen molar-refractivity contribution in [3.8, 4) is 0 Å². The lowest BCUT2D eigenvalue weighted by atomic mass is 10.1. The van der Waals surface area contributed by atoms with E-state index in [1.807, 2.05) is 0 Å². The molecule has 0 aliphatic carbocycles. The molecule has 0 spiro atoms. The van der Waals surface area contributed by atoms with E-state index in [2.05, 4.69) is 0 Å². The fraction of sp³-hybridized carbons (Fsp3) is 0.500. The van der Waals surface area contributed by atoms with E-state index in [1.165, 1.54) is 17.0 Å². The van der Waals surface area contributed by atoms with Crippen molar-refractivity contribution in [3.63, 3.8) is 0 Å². The fourth-order valence-corrected chi connectivity index (χ4v) is 3.99. The standard InChI is InChI=1S/C16H18F2N2O2S/c17-12-4-1-3-11(14(12)18)15(21)20-6-2-5-13(20)16(22)19-7-9-23-10-8-19/h1,3-4,13H,2,5-10H2. The second kappa shape index (κ2) is 6.86. The summed E-state index contributed by atoms with van der Waals surface area (Å²) in [4.78, 5) is 28.4. The summed E-state index contributed by atoms with van der Waals surface area (Å²) in [5, 5.41) is 0. The van der Waals surface area contributed by atoms with E-state index in [-0.39, 0.29) is 11.5 Å². The predicted octanol–water partition coefficient (Wildman–Crippen LogP) is 2.14. The maximum absolute atomic E-state index is 13.9. The first-order valence-electron chi connectivity index (χ1n) is 7.71. The minimum atomic E-state index is -1.15. The van der Waals surface area contributed by atoms with Gasteiger partial charge in [0, 0.05) is 31.1 Å². The van der Waals surface area contributed by atoms with Crippen molar-refractivity contribution in [1.82, 2.24) is 9.80 Å². The van der Waals surface area contributed by atoms with Crippen molar-refractivity contribution in [1.29, 1.82) is 0 Å². The molecule has 1 unspecified atom stereocenters. The Labute approximate surface area is 137 Å². The third kappa shape index (κ3) is 3.20. The molecule has 0 aromatic heterocycles. The van der Waals surface area contributed by atoms with Crippen LogP contribution in [0, 0.1) is 11.6 Å². The van der Waals surface area contributed by atoms with Crippen molar-refractivity contribution in [2.24, 2.45) is 0 Å². The Kier molecular flexibility index (Phi) is 4.84. The molecule has 2 fully saturated rings. The van der Waals surface area contributed by atoms with Gasteiger partial charge >= 0.3 is 0 Å². The summed E-state index contributed by atoms with van der Waals surface area (Å²) >= 11 is 1.80. The average Bonchev–Trinajstić information content (AvgIpc) is 3.06. The number of rotatable bonds is 2. The molecule has 1 aromatic carbocycles. The van der Waals surface area contributed by atoms with E-state index in [1.54, 1.807) is 16.7 Å². The Morgan fingerprint density at radius 3 is 2.61 bits per heavy atom. The van der Waals surface area contributed by atoms with Crippen LogP contribution in [0.5, 0.6) is 0 Å². The minimum Gasteiger partial charge on any atom is -0.339 e. The lowest BCUT2D eigenvalue weighted by Crippen LogP contribution is -2.50. The van der Waals surface area contributed by atoms with E-state index >= 15 is 0 Å². The molecule has 124 valence electrons. The zero-order valence-corrected chi connectivity index (χ0v) is 13.5. The smallest absolute Gasteiger partial charge is 0.257 e. The molecular formula is C16H18F2N2O2S. The quantitative estimate of drug-likeness (QED) is 0.828. The fourth-order valence-electron chi connectivity index (χ4n) is 3.08. The molecule has 2 saturated heterocycles. The molecule has 4 nitrogen and oxygen atoms in total. The van der Waals surface area contributed by atoms with Gasteiger partial charge in [-0.25, -0.2) is 8.78 Å². The van der Waals surface area contributed by atoms with Gasteiger partial charge in [0.25, 0.3) is 5.91 Å². The van der Waals surface area contributed by atoms with Crippen LogP contribution in [0.4, 0.5) is 8.78 Å². The first-order chi connectivity index (χ1) is 11.1. The van der Waals surface area contributed by atoms with Gasteiger partial charge in [-0.05, 0) is 25.0 Å². The number of nitrogens with zero attached hydrogens (tertiary/aromatic N) is 2. The number of carbonyl (C=O) groups excluding carboxylic acids is 2. The van der Waals surface area contributed by atoms with Gasteiger partial charge in [0.2, 0.25) is 5.91 Å². The van der Waals surface area contributed by atoms with Crippen molar-refractivity contribution >= 4 is 23.6 Å². The third-order valence-corrected chi connectivity index (χ3v) is 5.25. The van der Waals surface area contributed by atoms with Crippen LogP contribution in [-0.2, 0) is 4.79 Å². The van der Waals surface area contributed by atoms with Gasteiger partial charge < -0.3 is 9.80 Å². The van der Waals surface area contributed by atoms with E-state index < -0.39 is 23.6 Å². The monoisotopic (exact) mass is 340 g/mol. The molecule has 1 aromatic rings. The van der Waals surface area contributed by atoms with Gasteiger partial charge in [-0.1, -0.05) is 6.07 Å². The molecule has 2 aliphatic rings. The highest BCUT2D eigenvalue weighted by Gasteiger charge is 2.38. The molecule has 0 N–H and O–H groups in total. The zero-order valence-electron chi connectivity index (χ0n) is 12.6. The summed E-state index contributed by atoms with van der Waals surface area (Å²) in [6.07, 6.45) is 1.27. The number of benzene rings is 1. The van der Waals surface area contributed by atoms with Gasteiger partial charge in [0.15, 0.2) is 11.6 Å². The number of carbonyl (C=O) groups is 2. The lowest BCUT2D eigenvalue weighted by Gasteiger charge is -2.32. The molecule has 0 radical (unpaired) electrons. The number of amides is 2. The molecule has 2 heterocycles. The lowest BCUT2D eigenvalue weighted by molar-refractivity contribution is -0.134. The highest BCUT2D eigenvalue weighted by Crippen LogP contribution is 2.24. The van der Waals surface area contributed by atoms with Gasteiger partial charge in [0.1, 0.15) is 6.04 Å². The van der Waals surface area contributed by atoms with Crippen molar-refractivity contribution < 1.29 is 18.4 Å². The number of thioether (sulfide) groups is 1. The van der Waals surface area contributed by atoms with Crippen LogP contribution in [-0.4, -0.2) is 58.8 Å². The minimum absolute atomic E-state index is 0.0760. The number of hydrogen-bond acceptors (Lipinski definition) is 3. The highest BCUT2D eigenvalue weighted by molar-refractivity contribution is 7.99. The largest absolute Gasteiger partial charge is 0.339 e. The van der Waals surface area contributed by atoms with Crippen molar-refractivity contribution in [2.45, 2.75) is 18.9 Å². The number of hydrogen-bond donors (Lipinski definition) is 0. The molecule has 1 atom stereocenters. The molecule has 23 heavy (non-hydrogen) atoms. The molecule has 3 rings (SSSR count). The highest BCUT2D eigenvalue weighted by atomic mass is 32.2. The van der Waals surface area contributed by atoms with Crippen LogP contribution in [0.15, 0.2) is 18.2 Å². The second-order valence-electron chi connectivity index (χ2n) is 5.70. The molecule has 2 aliphatic heterocycles. The number of likely N-dealkylation sites (tertiary alicyclic amines) is 1. The van der Waals surface area contributed by atoms with Crippen LogP contribution in [0.1, 0.15) is 23.2 Å². The van der Waals surface area contributed by atoms with Crippen molar-refractivity contribution in [2.75, 3.05) is 31.1 Å². The van der Waals surface area contributed by atoms with Crippen LogP contribution >= 0.6 is 11.8 Å². The van der Waals surface area contributed by atoms with Gasteiger partial charge in [-0.2, -0.15) is 11.8 Å². The Bertz CT molecular complexity index is 620. The Morgan fingerprint density at radius 1 is 1.13 bits per heavy atom. The average molecular weight is 340 g/mol. The summed E-state index contributed by atoms with van der Waals surface area (Å²) in [6, 6.07) is 2.98. The van der Waals surface area contributed by atoms with Crippen LogP contribution in [0.25, 0.3) is 0 Å². The van der Waals surface area contributed by atoms with Gasteiger partial charge in [0.05, 0.1) is 5.56 Å². The molecule has 0 bridgehead atoms. The second-order valence-corrected chi connectivity index (χ2v) is 6.92. The first-order valence-corrected chi connectivity index (χ1v) is 8.86. The summed E-state index contributed by atoms with van der Waals surface area (Å²) in [6.45, 7) is 1.75. The topological polar surface area (TPSA) is 40.6 Å². The summed E-state index contributed by atoms with van der Waals surface area (Å²) in [7, 11) is 0. The Balaban J connectivity index is 1.79. The summed E-state index contributed by atoms with van der Waals surface area (Å²) < 4.78 is 27.2. The number of halogens is 2. The van der Waals surface area contributed by atoms with Crippen LogP contribution < -0.4 is 0 Å². The summed E-state index contributed by atoms with van der Waals surface area (Å²) in [5.41, 5.74) is -0.307. The Morgan fingerprint density at radius 2 is 1.87 bits per heavy atom. The normalized spacial score (nSPS) is 21.6. The van der Waals surface area contributed by atoms with Gasteiger partial charge in [-0.3, -0.25) is 9.59 Å². The van der Waals surface area contributed by atoms with E-state index in [0.29, 0.717) is 32.5 Å². The maximum Gasteiger partial charge on any atom is 0.257 e. The first kappa shape index (κ1) is 16.2. The molecule has 0 saturated carbocycles. The zero-order chi connectivity index (χ0) is 16.4. The van der Waals surface area contributed by atoms with Gasteiger partial charge in [-0.15, -0.1) is 0 Å². The molecule has 2 amide bonds. The van der Waals surface area contributed by atoms with E-state index in [4.69, 9.17) is 0 Å². The van der Waals surface area contributed by atoms with Crippen LogP contribution in [0.3, 0.4) is 0 Å². The third-order valence-electron chi connectivity index (χ3n) is 4.30. The van der Waals surface area contributed by atoms with E-state index in [0.717, 1.165) is 17.6 Å². The molecular weight excluding hydrogens is 322 g/mol. The SMILES string of the molecule is O=C(C1CCCN1C(=O)c1cccc(F)c1F)N1CCSCC1. The summed E-state index contributed by atoms with van der Waals surface area (Å²) in [5.74, 6) is -1.09. The Hall–Kier alpha value is -1.63. The maximum atomic E-state index is 13.9. The van der Waals surface area contributed by atoms with Crippen molar-refractivity contribution in [3.05, 3.63) is 35.4 Å². The van der Waals surface area contributed by atoms with Crippen LogP contribution in [0.2, 0.25) is 0 Å². The predicted molar refractivity (Wildman–Crippen MR) is 84.3 cm³/mol. The molecule has 7 heteroatoms. The van der Waals surface area contributed by atoms with E-state index in [9.17, 15) is 18.4 Å².